The quantitative estimate of drug-likeness (QED) is 0.446. The maximum Gasteiger partial charge on any atom is 0.270 e. The van der Waals surface area contributed by atoms with Gasteiger partial charge >= 0.3 is 0 Å². The second kappa shape index (κ2) is 8.96. The lowest BCUT2D eigenvalue weighted by Gasteiger charge is -2.38. The number of H-pyrrole nitrogens is 1. The van der Waals surface area contributed by atoms with Crippen LogP contribution in [0.25, 0.3) is 10.9 Å². The van der Waals surface area contributed by atoms with Crippen LogP contribution in [-0.2, 0) is 21.7 Å². The number of carbonyl (C=O) groups is 4. The molecule has 0 aliphatic carbocycles. The second-order valence-electron chi connectivity index (χ2n) is 10.4. The summed E-state index contributed by atoms with van der Waals surface area (Å²) in [7, 11) is 0. The molecule has 2 fully saturated rings. The van der Waals surface area contributed by atoms with E-state index in [1.165, 1.54) is 4.90 Å². The summed E-state index contributed by atoms with van der Waals surface area (Å²) in [6.07, 6.45) is 1.21. The minimum atomic E-state index is -1.14. The predicted molar refractivity (Wildman–Crippen MR) is 140 cm³/mol. The molecule has 0 radical (unpaired) electrons. The molecular weight excluding hydrogens is 508 g/mol. The van der Waals surface area contributed by atoms with E-state index in [4.69, 9.17) is 11.6 Å². The number of likely N-dealkylation sites (tertiary alicyclic amines) is 1. The first-order valence-electron chi connectivity index (χ1n) is 12.7. The summed E-state index contributed by atoms with van der Waals surface area (Å²) in [5, 5.41) is 15.4. The number of aromatic nitrogens is 1. The normalized spacial score (nSPS) is 21.1. The molecule has 0 saturated carbocycles. The topological polar surface area (TPSA) is 123 Å². The first-order chi connectivity index (χ1) is 18.1. The number of amides is 4. The van der Waals surface area contributed by atoms with Gasteiger partial charge in [-0.05, 0) is 61.1 Å². The first-order valence-corrected chi connectivity index (χ1v) is 13.1. The third-order valence-electron chi connectivity index (χ3n) is 8.17. The molecule has 1 unspecified atom stereocenters. The summed E-state index contributed by atoms with van der Waals surface area (Å²) >= 11 is 6.11. The summed E-state index contributed by atoms with van der Waals surface area (Å²) in [6, 6.07) is 10.1. The summed E-state index contributed by atoms with van der Waals surface area (Å²) < 4.78 is 0. The number of aryl methyl sites for hydroxylation is 1. The van der Waals surface area contributed by atoms with E-state index in [0.717, 1.165) is 22.0 Å². The molecule has 0 bridgehead atoms. The highest BCUT2D eigenvalue weighted by atomic mass is 35.5. The van der Waals surface area contributed by atoms with Crippen molar-refractivity contribution in [2.75, 3.05) is 13.1 Å². The number of hydrogen-bond donors (Lipinski definition) is 3. The summed E-state index contributed by atoms with van der Waals surface area (Å²) in [6.45, 7) is 2.91. The van der Waals surface area contributed by atoms with Gasteiger partial charge < -0.3 is 19.9 Å². The number of halogens is 1. The minimum absolute atomic E-state index is 0.115. The zero-order valence-corrected chi connectivity index (χ0v) is 21.6. The van der Waals surface area contributed by atoms with Crippen molar-refractivity contribution in [1.29, 1.82) is 0 Å². The number of carbonyl (C=O) groups excluding carboxylic acids is 4. The Morgan fingerprint density at radius 3 is 2.61 bits per heavy atom. The molecule has 3 N–H and O–H groups in total. The van der Waals surface area contributed by atoms with Gasteiger partial charge in [-0.2, -0.15) is 0 Å². The van der Waals surface area contributed by atoms with Gasteiger partial charge in [0.25, 0.3) is 11.8 Å². The molecule has 1 atom stereocenters. The van der Waals surface area contributed by atoms with Crippen molar-refractivity contribution in [1.82, 2.24) is 20.1 Å². The molecule has 4 amide bonds. The van der Waals surface area contributed by atoms with Gasteiger partial charge in [0.2, 0.25) is 11.8 Å². The van der Waals surface area contributed by atoms with Gasteiger partial charge in [0.05, 0.1) is 5.60 Å². The molecule has 9 nitrogen and oxygen atoms in total. The molecule has 1 aromatic heterocycles. The Morgan fingerprint density at radius 1 is 1.11 bits per heavy atom. The number of imide groups is 1. The lowest BCUT2D eigenvalue weighted by atomic mass is 9.83. The molecule has 3 aromatic rings. The highest BCUT2D eigenvalue weighted by molar-refractivity contribution is 6.31. The maximum atomic E-state index is 13.3. The van der Waals surface area contributed by atoms with Crippen LogP contribution in [0, 0.1) is 6.92 Å². The second-order valence-corrected chi connectivity index (χ2v) is 10.8. The number of hydrogen-bond acceptors (Lipinski definition) is 5. The van der Waals surface area contributed by atoms with Crippen LogP contribution in [0.5, 0.6) is 0 Å². The van der Waals surface area contributed by atoms with E-state index in [9.17, 15) is 24.3 Å². The zero-order chi connectivity index (χ0) is 26.8. The molecule has 3 aliphatic rings. The molecule has 2 saturated heterocycles. The van der Waals surface area contributed by atoms with Gasteiger partial charge in [-0.1, -0.05) is 29.8 Å². The van der Waals surface area contributed by atoms with E-state index >= 15 is 0 Å². The Labute approximate surface area is 223 Å². The summed E-state index contributed by atoms with van der Waals surface area (Å²) in [5.74, 6) is -1.14. The highest BCUT2D eigenvalue weighted by Gasteiger charge is 2.41. The molecule has 196 valence electrons. The van der Waals surface area contributed by atoms with Crippen LogP contribution in [0.4, 0.5) is 0 Å². The van der Waals surface area contributed by atoms with Gasteiger partial charge in [-0.15, -0.1) is 0 Å². The van der Waals surface area contributed by atoms with Crippen molar-refractivity contribution in [2.24, 2.45) is 0 Å². The summed E-state index contributed by atoms with van der Waals surface area (Å²) in [4.78, 5) is 56.6. The van der Waals surface area contributed by atoms with E-state index in [-0.39, 0.29) is 30.7 Å². The van der Waals surface area contributed by atoms with Crippen LogP contribution in [0.2, 0.25) is 5.02 Å². The number of nitrogens with one attached hydrogen (secondary N) is 2. The number of piperidine rings is 2. The minimum Gasteiger partial charge on any atom is -0.385 e. The van der Waals surface area contributed by atoms with Gasteiger partial charge in [-0.3, -0.25) is 24.5 Å². The molecule has 2 aromatic carbocycles. The maximum absolute atomic E-state index is 13.3. The molecule has 10 heteroatoms. The lowest BCUT2D eigenvalue weighted by Crippen LogP contribution is -2.52. The average Bonchev–Trinajstić information content (AvgIpc) is 3.40. The fourth-order valence-electron chi connectivity index (χ4n) is 5.91. The van der Waals surface area contributed by atoms with E-state index in [2.05, 4.69) is 10.3 Å². The third-order valence-corrected chi connectivity index (χ3v) is 8.41. The monoisotopic (exact) mass is 534 g/mol. The largest absolute Gasteiger partial charge is 0.385 e. The number of benzene rings is 2. The number of fused-ring (bicyclic) bond motifs is 2. The van der Waals surface area contributed by atoms with Crippen LogP contribution in [0.1, 0.15) is 63.2 Å². The zero-order valence-electron chi connectivity index (χ0n) is 20.8. The number of aromatic amines is 1. The SMILES string of the molecule is Cc1c(C(=O)N2CCC(O)(c3ccc4c(c3)CN(C3CCC(=O)NC3=O)C4=O)CC2)[nH]c2cc(Cl)ccc12. The first kappa shape index (κ1) is 24.6. The van der Waals surface area contributed by atoms with Crippen molar-refractivity contribution in [3.63, 3.8) is 0 Å². The summed E-state index contributed by atoms with van der Waals surface area (Å²) in [5.41, 5.74) is 3.01. The van der Waals surface area contributed by atoms with Crippen molar-refractivity contribution in [3.05, 3.63) is 69.4 Å². The van der Waals surface area contributed by atoms with Gasteiger partial charge in [0, 0.05) is 47.5 Å². The standard InChI is InChI=1S/C28H27ClN4O5/c1-15-19-5-3-18(29)13-21(19)30-24(15)27(37)32-10-8-28(38,9-11-32)17-2-4-20-16(12-17)14-33(26(20)36)22-6-7-23(34)31-25(22)35/h2-5,12-13,22,30,38H,6-11,14H2,1H3,(H,31,34,35). The third kappa shape index (κ3) is 3.97. The van der Waals surface area contributed by atoms with Crippen LogP contribution in [0.15, 0.2) is 36.4 Å². The molecule has 6 rings (SSSR count). The fourth-order valence-corrected chi connectivity index (χ4v) is 6.09. The van der Waals surface area contributed by atoms with Gasteiger partial charge in [0.1, 0.15) is 11.7 Å². The van der Waals surface area contributed by atoms with Crippen LogP contribution >= 0.6 is 11.6 Å². The Kier molecular flexibility index (Phi) is 5.81. The van der Waals surface area contributed by atoms with E-state index in [0.29, 0.717) is 54.2 Å². The molecule has 3 aliphatic heterocycles. The van der Waals surface area contributed by atoms with Crippen LogP contribution in [0.3, 0.4) is 0 Å². The highest BCUT2D eigenvalue weighted by Crippen LogP contribution is 2.37. The average molecular weight is 535 g/mol. The van der Waals surface area contributed by atoms with Crippen molar-refractivity contribution in [3.8, 4) is 0 Å². The fraction of sp³-hybridized carbons (Fsp3) is 0.357. The van der Waals surface area contributed by atoms with Gasteiger partial charge in [0.15, 0.2) is 0 Å². The Hall–Kier alpha value is -3.69. The Morgan fingerprint density at radius 2 is 1.87 bits per heavy atom. The van der Waals surface area contributed by atoms with Crippen molar-refractivity contribution < 1.29 is 24.3 Å². The van der Waals surface area contributed by atoms with E-state index in [1.54, 1.807) is 29.2 Å². The molecule has 0 spiro atoms. The van der Waals surface area contributed by atoms with Crippen LogP contribution < -0.4 is 5.32 Å². The smallest absolute Gasteiger partial charge is 0.270 e. The molecule has 4 heterocycles. The van der Waals surface area contributed by atoms with Crippen molar-refractivity contribution >= 4 is 46.1 Å². The van der Waals surface area contributed by atoms with Gasteiger partial charge in [-0.25, -0.2) is 0 Å². The van der Waals surface area contributed by atoms with E-state index < -0.39 is 17.6 Å². The van der Waals surface area contributed by atoms with E-state index in [1.807, 2.05) is 19.1 Å². The Balaban J connectivity index is 1.17. The predicted octanol–water partition coefficient (Wildman–Crippen LogP) is 3.01. The number of nitrogens with zero attached hydrogens (tertiary/aromatic N) is 2. The number of rotatable bonds is 3. The van der Waals surface area contributed by atoms with Crippen LogP contribution in [-0.4, -0.2) is 62.7 Å². The Bertz CT molecular complexity index is 1520. The lowest BCUT2D eigenvalue weighted by molar-refractivity contribution is -0.136. The molecular formula is C28H27ClN4O5. The molecule has 38 heavy (non-hydrogen) atoms. The number of aliphatic hydroxyl groups is 1. The van der Waals surface area contributed by atoms with Crippen molar-refractivity contribution in [2.45, 2.75) is 50.8 Å².